The minimum atomic E-state index is -1.12. The van der Waals surface area contributed by atoms with Crippen molar-refractivity contribution < 1.29 is 18.0 Å². The summed E-state index contributed by atoms with van der Waals surface area (Å²) >= 11 is 1.68. The molecule has 122 valence electrons. The molecule has 1 aliphatic heterocycles. The highest BCUT2D eigenvalue weighted by molar-refractivity contribution is 7.09. The molecule has 1 saturated heterocycles. The van der Waals surface area contributed by atoms with Crippen molar-refractivity contribution in [2.24, 2.45) is 5.92 Å². The van der Waals surface area contributed by atoms with E-state index in [4.69, 9.17) is 0 Å². The van der Waals surface area contributed by atoms with Crippen LogP contribution in [0.3, 0.4) is 0 Å². The van der Waals surface area contributed by atoms with E-state index >= 15 is 0 Å². The molecule has 0 N–H and O–H groups in total. The van der Waals surface area contributed by atoms with Gasteiger partial charge in [0.15, 0.2) is 5.78 Å². The monoisotopic (exact) mass is 339 g/mol. The van der Waals surface area contributed by atoms with Crippen LogP contribution in [-0.2, 0) is 6.54 Å². The van der Waals surface area contributed by atoms with Crippen molar-refractivity contribution >= 4 is 17.1 Å². The Hall–Kier alpha value is -1.66. The average molecular weight is 339 g/mol. The second kappa shape index (κ2) is 6.84. The second-order valence-corrected chi connectivity index (χ2v) is 6.77. The summed E-state index contributed by atoms with van der Waals surface area (Å²) in [6.07, 6.45) is 1.11. The van der Waals surface area contributed by atoms with Gasteiger partial charge in [-0.1, -0.05) is 6.07 Å². The van der Waals surface area contributed by atoms with E-state index in [-0.39, 0.29) is 0 Å². The summed E-state index contributed by atoms with van der Waals surface area (Å²) in [5.74, 6) is -4.22. The highest BCUT2D eigenvalue weighted by Crippen LogP contribution is 2.26. The van der Waals surface area contributed by atoms with Crippen LogP contribution in [0.4, 0.5) is 13.2 Å². The molecular weight excluding hydrogens is 323 g/mol. The lowest BCUT2D eigenvalue weighted by atomic mass is 9.88. The van der Waals surface area contributed by atoms with Crippen LogP contribution in [0.2, 0.25) is 0 Å². The van der Waals surface area contributed by atoms with E-state index < -0.39 is 34.7 Å². The van der Waals surface area contributed by atoms with Gasteiger partial charge < -0.3 is 0 Å². The van der Waals surface area contributed by atoms with Gasteiger partial charge in [-0.05, 0) is 37.4 Å². The normalized spacial score (nSPS) is 16.7. The van der Waals surface area contributed by atoms with Crippen molar-refractivity contribution in [2.75, 3.05) is 13.1 Å². The van der Waals surface area contributed by atoms with Crippen molar-refractivity contribution in [3.05, 3.63) is 57.5 Å². The molecule has 3 rings (SSSR count). The molecule has 0 atom stereocenters. The van der Waals surface area contributed by atoms with Gasteiger partial charge in [0.1, 0.15) is 17.5 Å². The first-order valence-electron chi connectivity index (χ1n) is 7.48. The zero-order valence-electron chi connectivity index (χ0n) is 12.4. The summed E-state index contributed by atoms with van der Waals surface area (Å²) in [5, 5.41) is 2.02. The lowest BCUT2D eigenvalue weighted by Crippen LogP contribution is -2.36. The number of benzene rings is 1. The van der Waals surface area contributed by atoms with Crippen molar-refractivity contribution in [3.63, 3.8) is 0 Å². The number of hydrogen-bond acceptors (Lipinski definition) is 3. The van der Waals surface area contributed by atoms with Gasteiger partial charge in [-0.25, -0.2) is 13.2 Å². The Labute approximate surface area is 136 Å². The number of carbonyl (C=O) groups excluding carboxylic acids is 1. The van der Waals surface area contributed by atoms with Gasteiger partial charge >= 0.3 is 0 Å². The number of carbonyl (C=O) groups is 1. The molecule has 0 radical (unpaired) electrons. The lowest BCUT2D eigenvalue weighted by molar-refractivity contribution is 0.0826. The molecule has 0 saturated carbocycles. The summed E-state index contributed by atoms with van der Waals surface area (Å²) in [4.78, 5) is 15.8. The first-order chi connectivity index (χ1) is 11.0. The third-order valence-electron chi connectivity index (χ3n) is 4.17. The summed E-state index contributed by atoms with van der Waals surface area (Å²) in [7, 11) is 0. The molecule has 2 heterocycles. The van der Waals surface area contributed by atoms with Crippen LogP contribution in [0.25, 0.3) is 0 Å². The molecule has 23 heavy (non-hydrogen) atoms. The Bertz CT molecular complexity index is 671. The molecule has 0 bridgehead atoms. The van der Waals surface area contributed by atoms with E-state index in [0.717, 1.165) is 6.54 Å². The quantitative estimate of drug-likeness (QED) is 0.776. The standard InChI is InChI=1S/C17H16F3NOS/c18-12-8-14(19)16(15(20)9-12)17(22)11-3-5-21(6-4-11)10-13-2-1-7-23-13/h1-2,7-9,11H,3-6,10H2. The molecule has 1 aromatic heterocycles. The van der Waals surface area contributed by atoms with Crippen LogP contribution in [0.15, 0.2) is 29.6 Å². The number of thiophene rings is 1. The van der Waals surface area contributed by atoms with Crippen molar-refractivity contribution in [1.29, 1.82) is 0 Å². The Kier molecular flexibility index (Phi) is 4.82. The Morgan fingerprint density at radius 3 is 2.39 bits per heavy atom. The van der Waals surface area contributed by atoms with Crippen LogP contribution < -0.4 is 0 Å². The smallest absolute Gasteiger partial charge is 0.171 e. The average Bonchev–Trinajstić information content (AvgIpc) is 2.99. The number of hydrogen-bond donors (Lipinski definition) is 0. The fraction of sp³-hybridized carbons (Fsp3) is 0.353. The van der Waals surface area contributed by atoms with E-state index in [1.807, 2.05) is 11.4 Å². The van der Waals surface area contributed by atoms with Crippen molar-refractivity contribution in [2.45, 2.75) is 19.4 Å². The van der Waals surface area contributed by atoms with Gasteiger partial charge in [-0.3, -0.25) is 9.69 Å². The topological polar surface area (TPSA) is 20.3 Å². The predicted molar refractivity (Wildman–Crippen MR) is 83.0 cm³/mol. The largest absolute Gasteiger partial charge is 0.298 e. The van der Waals surface area contributed by atoms with E-state index in [2.05, 4.69) is 11.0 Å². The number of likely N-dealkylation sites (tertiary alicyclic amines) is 1. The molecule has 0 aliphatic carbocycles. The SMILES string of the molecule is O=C(c1c(F)cc(F)cc1F)C1CCN(Cc2cccs2)CC1. The maximum atomic E-state index is 13.7. The van der Waals surface area contributed by atoms with Gasteiger partial charge in [0.05, 0.1) is 5.56 Å². The molecule has 1 aromatic carbocycles. The molecule has 2 nitrogen and oxygen atoms in total. The van der Waals surface area contributed by atoms with Crippen LogP contribution in [0, 0.1) is 23.4 Å². The van der Waals surface area contributed by atoms with E-state index in [0.29, 0.717) is 38.1 Å². The molecule has 0 unspecified atom stereocenters. The maximum Gasteiger partial charge on any atom is 0.171 e. The van der Waals surface area contributed by atoms with E-state index in [1.54, 1.807) is 11.3 Å². The fourth-order valence-corrected chi connectivity index (χ4v) is 3.70. The maximum absolute atomic E-state index is 13.7. The Morgan fingerprint density at radius 2 is 1.83 bits per heavy atom. The molecule has 6 heteroatoms. The fourth-order valence-electron chi connectivity index (χ4n) is 2.96. The number of rotatable bonds is 4. The minimum Gasteiger partial charge on any atom is -0.298 e. The summed E-state index contributed by atoms with van der Waals surface area (Å²) < 4.78 is 40.4. The molecule has 0 amide bonds. The van der Waals surface area contributed by atoms with E-state index in [9.17, 15) is 18.0 Å². The Balaban J connectivity index is 1.64. The third kappa shape index (κ3) is 3.64. The first-order valence-corrected chi connectivity index (χ1v) is 8.36. The highest BCUT2D eigenvalue weighted by atomic mass is 32.1. The minimum absolute atomic E-state index is 0.413. The number of halogens is 3. The van der Waals surface area contributed by atoms with Crippen LogP contribution >= 0.6 is 11.3 Å². The van der Waals surface area contributed by atoms with Crippen molar-refractivity contribution in [3.8, 4) is 0 Å². The summed E-state index contributed by atoms with van der Waals surface area (Å²) in [6, 6.07) is 5.17. The van der Waals surface area contributed by atoms with Crippen molar-refractivity contribution in [1.82, 2.24) is 4.90 Å². The van der Waals surface area contributed by atoms with Gasteiger partial charge in [0.25, 0.3) is 0 Å². The molecule has 1 fully saturated rings. The zero-order valence-corrected chi connectivity index (χ0v) is 13.2. The zero-order chi connectivity index (χ0) is 16.4. The summed E-state index contributed by atoms with van der Waals surface area (Å²) in [5.41, 5.74) is -0.608. The van der Waals surface area contributed by atoms with Crippen LogP contribution in [0.5, 0.6) is 0 Å². The van der Waals surface area contributed by atoms with Gasteiger partial charge in [-0.15, -0.1) is 11.3 Å². The first kappa shape index (κ1) is 16.2. The molecule has 0 spiro atoms. The second-order valence-electron chi connectivity index (χ2n) is 5.74. The van der Waals surface area contributed by atoms with Gasteiger partial charge in [0.2, 0.25) is 0 Å². The van der Waals surface area contributed by atoms with E-state index in [1.165, 1.54) is 4.88 Å². The van der Waals surface area contributed by atoms with Crippen LogP contribution in [0.1, 0.15) is 28.1 Å². The molecular formula is C17H16F3NOS. The lowest BCUT2D eigenvalue weighted by Gasteiger charge is -2.31. The number of piperidine rings is 1. The number of Topliss-reactive ketones (excluding diaryl/α,β-unsaturated/α-hetero) is 1. The van der Waals surface area contributed by atoms with Gasteiger partial charge in [0, 0.05) is 29.5 Å². The Morgan fingerprint density at radius 1 is 1.17 bits per heavy atom. The van der Waals surface area contributed by atoms with Crippen LogP contribution in [-0.4, -0.2) is 23.8 Å². The number of nitrogens with zero attached hydrogens (tertiary/aromatic N) is 1. The third-order valence-corrected chi connectivity index (χ3v) is 5.03. The predicted octanol–water partition coefficient (Wildman–Crippen LogP) is 4.26. The number of ketones is 1. The highest BCUT2D eigenvalue weighted by Gasteiger charge is 2.29. The van der Waals surface area contributed by atoms with Gasteiger partial charge in [-0.2, -0.15) is 0 Å². The summed E-state index contributed by atoms with van der Waals surface area (Å²) in [6.45, 7) is 2.25. The molecule has 1 aliphatic rings. The molecule has 2 aromatic rings.